The summed E-state index contributed by atoms with van der Waals surface area (Å²) in [6.07, 6.45) is -0.308. The third-order valence-electron chi connectivity index (χ3n) is 3.44. The van der Waals surface area contributed by atoms with Gasteiger partial charge in [0.1, 0.15) is 0 Å². The normalized spacial score (nSPS) is 25.1. The van der Waals surface area contributed by atoms with E-state index in [2.05, 4.69) is 0 Å². The van der Waals surface area contributed by atoms with Gasteiger partial charge in [-0.05, 0) is 24.6 Å². The zero-order valence-electron chi connectivity index (χ0n) is 11.8. The monoisotopic (exact) mass is 318 g/mol. The summed E-state index contributed by atoms with van der Waals surface area (Å²) in [6, 6.07) is 7.06. The van der Waals surface area contributed by atoms with Crippen molar-refractivity contribution >= 4 is 21.8 Å². The first kappa shape index (κ1) is 15.7. The molecule has 1 aromatic rings. The average Bonchev–Trinajstić information content (AvgIpc) is 2.38. The zero-order valence-corrected chi connectivity index (χ0v) is 13.4. The molecule has 7 heteroatoms. The van der Waals surface area contributed by atoms with Crippen LogP contribution in [0.4, 0.5) is 0 Å². The zero-order chi connectivity index (χ0) is 14.9. The first-order chi connectivity index (χ1) is 9.34. The van der Waals surface area contributed by atoms with E-state index in [0.717, 1.165) is 5.56 Å². The minimum Gasteiger partial charge on any atom is -0.370 e. The Balaban J connectivity index is 2.30. The van der Waals surface area contributed by atoms with Crippen molar-refractivity contribution in [3.8, 4) is 0 Å². The van der Waals surface area contributed by atoms with Crippen LogP contribution in [0.25, 0.3) is 0 Å². The van der Waals surface area contributed by atoms with Crippen molar-refractivity contribution < 1.29 is 13.2 Å². The van der Waals surface area contributed by atoms with Gasteiger partial charge < -0.3 is 4.74 Å². The van der Waals surface area contributed by atoms with E-state index in [0.29, 0.717) is 18.2 Å². The Morgan fingerprint density at radius 3 is 2.70 bits per heavy atom. The van der Waals surface area contributed by atoms with Crippen LogP contribution in [0.2, 0.25) is 5.02 Å². The lowest BCUT2D eigenvalue weighted by Crippen LogP contribution is -2.52. The van der Waals surface area contributed by atoms with Crippen molar-refractivity contribution in [3.05, 3.63) is 34.9 Å². The second kappa shape index (κ2) is 5.99. The Kier molecular flexibility index (Phi) is 4.71. The van der Waals surface area contributed by atoms with E-state index < -0.39 is 10.2 Å². The lowest BCUT2D eigenvalue weighted by molar-refractivity contribution is -0.0375. The van der Waals surface area contributed by atoms with Gasteiger partial charge in [-0.3, -0.25) is 0 Å². The minimum atomic E-state index is -3.45. The van der Waals surface area contributed by atoms with E-state index >= 15 is 0 Å². The van der Waals surface area contributed by atoms with Crippen LogP contribution in [-0.2, 0) is 14.9 Å². The lowest BCUT2D eigenvalue weighted by Gasteiger charge is -2.39. The van der Waals surface area contributed by atoms with Crippen molar-refractivity contribution in [2.75, 3.05) is 27.2 Å². The highest BCUT2D eigenvalue weighted by molar-refractivity contribution is 7.86. The third kappa shape index (κ3) is 2.99. The SMILES string of the molecule is C[C@@H]1[C@@H](c2cccc(Cl)c2)OCCN1S(=O)(=O)N(C)C. The van der Waals surface area contributed by atoms with Crippen LogP contribution in [0.15, 0.2) is 24.3 Å². The Morgan fingerprint density at radius 2 is 2.10 bits per heavy atom. The molecule has 1 aliphatic heterocycles. The molecule has 0 saturated carbocycles. The summed E-state index contributed by atoms with van der Waals surface area (Å²) in [5.74, 6) is 0. The Hall–Kier alpha value is -0.660. The van der Waals surface area contributed by atoms with Crippen LogP contribution in [0.5, 0.6) is 0 Å². The van der Waals surface area contributed by atoms with Crippen molar-refractivity contribution in [1.82, 2.24) is 8.61 Å². The minimum absolute atomic E-state index is 0.283. The topological polar surface area (TPSA) is 49.9 Å². The largest absolute Gasteiger partial charge is 0.370 e. The molecule has 0 amide bonds. The second-order valence-electron chi connectivity index (χ2n) is 4.99. The molecule has 0 aliphatic carbocycles. The molecule has 1 aromatic carbocycles. The third-order valence-corrected chi connectivity index (χ3v) is 5.70. The molecule has 20 heavy (non-hydrogen) atoms. The smallest absolute Gasteiger partial charge is 0.281 e. The summed E-state index contributed by atoms with van der Waals surface area (Å²) in [5.41, 5.74) is 0.892. The Labute approximate surface area is 125 Å². The molecule has 1 fully saturated rings. The molecular weight excluding hydrogens is 300 g/mol. The molecule has 0 aromatic heterocycles. The van der Waals surface area contributed by atoms with Gasteiger partial charge in [-0.25, -0.2) is 0 Å². The summed E-state index contributed by atoms with van der Waals surface area (Å²) in [5, 5.41) is 0.617. The van der Waals surface area contributed by atoms with Gasteiger partial charge in [-0.15, -0.1) is 0 Å². The van der Waals surface area contributed by atoms with Gasteiger partial charge in [0.2, 0.25) is 0 Å². The van der Waals surface area contributed by atoms with Gasteiger partial charge in [0.05, 0.1) is 18.8 Å². The highest BCUT2D eigenvalue weighted by Gasteiger charge is 2.38. The van der Waals surface area contributed by atoms with Gasteiger partial charge in [-0.1, -0.05) is 23.7 Å². The highest BCUT2D eigenvalue weighted by atomic mass is 35.5. The number of benzene rings is 1. The molecule has 0 spiro atoms. The standard InChI is InChI=1S/C13H19ClN2O3S/c1-10-13(11-5-4-6-12(14)9-11)19-8-7-16(10)20(17,18)15(2)3/h4-6,9-10,13H,7-8H2,1-3H3/t10-,13+/m1/s1. The fraction of sp³-hybridized carbons (Fsp3) is 0.538. The number of hydrogen-bond acceptors (Lipinski definition) is 3. The molecule has 2 atom stereocenters. The van der Waals surface area contributed by atoms with Crippen LogP contribution in [0.3, 0.4) is 0 Å². The summed E-state index contributed by atoms with van der Waals surface area (Å²) in [4.78, 5) is 0. The molecule has 0 radical (unpaired) electrons. The van der Waals surface area contributed by atoms with E-state index in [-0.39, 0.29) is 12.1 Å². The molecule has 0 unspecified atom stereocenters. The first-order valence-electron chi connectivity index (χ1n) is 6.40. The quantitative estimate of drug-likeness (QED) is 0.855. The number of rotatable bonds is 3. The highest BCUT2D eigenvalue weighted by Crippen LogP contribution is 2.31. The molecule has 0 N–H and O–H groups in total. The maximum atomic E-state index is 12.3. The van der Waals surface area contributed by atoms with E-state index in [1.54, 1.807) is 6.07 Å². The van der Waals surface area contributed by atoms with Gasteiger partial charge in [0.25, 0.3) is 10.2 Å². The van der Waals surface area contributed by atoms with Crippen molar-refractivity contribution in [1.29, 1.82) is 0 Å². The number of morpholine rings is 1. The molecule has 5 nitrogen and oxygen atoms in total. The number of halogens is 1. The maximum Gasteiger partial charge on any atom is 0.281 e. The molecule has 0 bridgehead atoms. The van der Waals surface area contributed by atoms with Crippen molar-refractivity contribution in [2.45, 2.75) is 19.1 Å². The lowest BCUT2D eigenvalue weighted by atomic mass is 10.0. The Morgan fingerprint density at radius 1 is 1.40 bits per heavy atom. The summed E-state index contributed by atoms with van der Waals surface area (Å²) in [7, 11) is -0.379. The molecule has 2 rings (SSSR count). The van der Waals surface area contributed by atoms with Crippen LogP contribution in [0, 0.1) is 0 Å². The van der Waals surface area contributed by atoms with E-state index in [9.17, 15) is 8.42 Å². The predicted octanol–water partition coefficient (Wildman–Crippen LogP) is 1.91. The average molecular weight is 319 g/mol. The second-order valence-corrected chi connectivity index (χ2v) is 7.52. The van der Waals surface area contributed by atoms with Crippen molar-refractivity contribution in [3.63, 3.8) is 0 Å². The molecule has 1 aliphatic rings. The fourth-order valence-corrected chi connectivity index (χ4v) is 3.81. The fourth-order valence-electron chi connectivity index (χ4n) is 2.36. The molecule has 1 heterocycles. The van der Waals surface area contributed by atoms with Crippen LogP contribution in [0.1, 0.15) is 18.6 Å². The molecule has 1 saturated heterocycles. The number of hydrogen-bond donors (Lipinski definition) is 0. The summed E-state index contributed by atoms with van der Waals surface area (Å²) >= 11 is 5.99. The van der Waals surface area contributed by atoms with E-state index in [1.807, 2.05) is 25.1 Å². The van der Waals surface area contributed by atoms with E-state index in [4.69, 9.17) is 16.3 Å². The summed E-state index contributed by atoms with van der Waals surface area (Å²) < 4.78 is 33.1. The summed E-state index contributed by atoms with van der Waals surface area (Å²) in [6.45, 7) is 2.58. The molecule has 112 valence electrons. The van der Waals surface area contributed by atoms with Gasteiger partial charge in [0, 0.05) is 25.7 Å². The van der Waals surface area contributed by atoms with Crippen molar-refractivity contribution in [2.24, 2.45) is 0 Å². The number of nitrogens with zero attached hydrogens (tertiary/aromatic N) is 2. The van der Waals surface area contributed by atoms with Crippen LogP contribution < -0.4 is 0 Å². The first-order valence-corrected chi connectivity index (χ1v) is 8.18. The van der Waals surface area contributed by atoms with Gasteiger partial charge in [-0.2, -0.15) is 17.0 Å². The predicted molar refractivity (Wildman–Crippen MR) is 78.9 cm³/mol. The van der Waals surface area contributed by atoms with Gasteiger partial charge in [0.15, 0.2) is 0 Å². The van der Waals surface area contributed by atoms with E-state index in [1.165, 1.54) is 22.7 Å². The number of ether oxygens (including phenoxy) is 1. The maximum absolute atomic E-state index is 12.3. The Bertz CT molecular complexity index is 577. The van der Waals surface area contributed by atoms with Gasteiger partial charge >= 0.3 is 0 Å². The molecular formula is C13H19ClN2O3S. The van der Waals surface area contributed by atoms with Crippen LogP contribution >= 0.6 is 11.6 Å². The van der Waals surface area contributed by atoms with Crippen LogP contribution in [-0.4, -0.2) is 50.3 Å².